The van der Waals surface area contributed by atoms with Gasteiger partial charge in [0.25, 0.3) is 0 Å². The number of allylic oxidation sites excluding steroid dienone is 3. The van der Waals surface area contributed by atoms with Gasteiger partial charge >= 0.3 is 5.97 Å². The number of nitrogens with one attached hydrogen (secondary N) is 1. The summed E-state index contributed by atoms with van der Waals surface area (Å²) in [7, 11) is 0. The molecular formula is C27H25NO5. The molecule has 0 bridgehead atoms. The summed E-state index contributed by atoms with van der Waals surface area (Å²) in [5, 5.41) is 3.33. The average Bonchev–Trinajstić information content (AvgIpc) is 3.49. The molecule has 1 aromatic carbocycles. The van der Waals surface area contributed by atoms with Gasteiger partial charge in [-0.15, -0.1) is 0 Å². The molecule has 0 saturated heterocycles. The third kappa shape index (κ3) is 4.04. The lowest BCUT2D eigenvalue weighted by Crippen LogP contribution is -2.36. The van der Waals surface area contributed by atoms with Crippen LogP contribution in [0.3, 0.4) is 0 Å². The number of rotatable bonds is 5. The zero-order chi connectivity index (χ0) is 22.9. The predicted octanol–water partition coefficient (Wildman–Crippen LogP) is 5.29. The highest BCUT2D eigenvalue weighted by Gasteiger charge is 2.43. The summed E-state index contributed by atoms with van der Waals surface area (Å²) < 4.78 is 17.2. The molecule has 0 fully saturated rings. The van der Waals surface area contributed by atoms with Gasteiger partial charge in [-0.05, 0) is 50.1 Å². The number of hydrogen-bond donors (Lipinski definition) is 1. The van der Waals surface area contributed by atoms with Crippen molar-refractivity contribution in [1.82, 2.24) is 5.32 Å². The first-order valence-corrected chi connectivity index (χ1v) is 11.1. The van der Waals surface area contributed by atoms with E-state index in [4.69, 9.17) is 13.6 Å². The van der Waals surface area contributed by atoms with Crippen molar-refractivity contribution >= 4 is 11.8 Å². The quantitative estimate of drug-likeness (QED) is 0.540. The van der Waals surface area contributed by atoms with E-state index in [0.29, 0.717) is 35.4 Å². The van der Waals surface area contributed by atoms with Crippen LogP contribution in [0.25, 0.3) is 0 Å². The van der Waals surface area contributed by atoms with Gasteiger partial charge in [-0.2, -0.15) is 0 Å². The van der Waals surface area contributed by atoms with E-state index in [1.54, 1.807) is 6.26 Å². The van der Waals surface area contributed by atoms with Crippen LogP contribution < -0.4 is 5.32 Å². The standard InChI is InChI=1S/C27H25NO5/c1-16-10-11-23(33-16)26-24(27(30)32-15-18-7-4-3-5-8-18)17(2)28-20-13-19(14-21(29)25(20)26)22-9-6-12-31-22/h3-12,19,26,28H,13-15H2,1-2H3/t19-,26+/m0/s1. The summed E-state index contributed by atoms with van der Waals surface area (Å²) in [6, 6.07) is 16.9. The van der Waals surface area contributed by atoms with Crippen LogP contribution in [0, 0.1) is 6.92 Å². The molecule has 6 heteroatoms. The van der Waals surface area contributed by atoms with Crippen molar-refractivity contribution in [3.05, 3.63) is 106 Å². The summed E-state index contributed by atoms with van der Waals surface area (Å²) in [5.41, 5.74) is 3.35. The molecule has 1 N–H and O–H groups in total. The summed E-state index contributed by atoms with van der Waals surface area (Å²) in [6.45, 7) is 3.84. The fourth-order valence-corrected chi connectivity index (χ4v) is 4.73. The maximum Gasteiger partial charge on any atom is 0.337 e. The molecule has 0 saturated carbocycles. The Morgan fingerprint density at radius 2 is 1.85 bits per heavy atom. The highest BCUT2D eigenvalue weighted by Crippen LogP contribution is 2.46. The summed E-state index contributed by atoms with van der Waals surface area (Å²) in [4.78, 5) is 26.7. The number of hydrogen-bond acceptors (Lipinski definition) is 6. The van der Waals surface area contributed by atoms with E-state index in [9.17, 15) is 9.59 Å². The summed E-state index contributed by atoms with van der Waals surface area (Å²) in [6.07, 6.45) is 2.56. The molecule has 1 aliphatic heterocycles. The van der Waals surface area contributed by atoms with Crippen molar-refractivity contribution in [3.63, 3.8) is 0 Å². The molecule has 2 atom stereocenters. The Balaban J connectivity index is 1.50. The Bertz CT molecular complexity index is 1250. The van der Waals surface area contributed by atoms with Crippen LogP contribution in [0.15, 0.2) is 92.2 Å². The normalized spacial score (nSPS) is 20.5. The second-order valence-corrected chi connectivity index (χ2v) is 8.54. The summed E-state index contributed by atoms with van der Waals surface area (Å²) in [5.74, 6) is 0.937. The van der Waals surface area contributed by atoms with Crippen molar-refractivity contribution in [3.8, 4) is 0 Å². The minimum absolute atomic E-state index is 0.0231. The van der Waals surface area contributed by atoms with Crippen molar-refractivity contribution < 1.29 is 23.2 Å². The molecule has 3 aromatic rings. The number of dihydropyridines is 1. The molecule has 3 heterocycles. The van der Waals surface area contributed by atoms with E-state index in [0.717, 1.165) is 22.8 Å². The second kappa shape index (κ2) is 8.62. The Kier molecular flexibility index (Phi) is 5.50. The average molecular weight is 443 g/mol. The van der Waals surface area contributed by atoms with E-state index in [-0.39, 0.29) is 18.3 Å². The molecule has 2 aliphatic rings. The van der Waals surface area contributed by atoms with Crippen molar-refractivity contribution in [2.45, 2.75) is 45.1 Å². The topological polar surface area (TPSA) is 81.7 Å². The number of benzene rings is 1. The van der Waals surface area contributed by atoms with Crippen LogP contribution in [0.1, 0.15) is 54.4 Å². The van der Waals surface area contributed by atoms with Crippen molar-refractivity contribution in [2.75, 3.05) is 0 Å². The zero-order valence-electron chi connectivity index (χ0n) is 18.6. The Morgan fingerprint density at radius 1 is 1.03 bits per heavy atom. The number of aryl methyl sites for hydroxylation is 1. The second-order valence-electron chi connectivity index (χ2n) is 8.54. The third-order valence-electron chi connectivity index (χ3n) is 6.25. The molecule has 0 amide bonds. The number of Topliss-reactive ketones (excluding diaryl/α,β-unsaturated/α-hetero) is 1. The van der Waals surface area contributed by atoms with E-state index < -0.39 is 11.9 Å². The molecule has 0 spiro atoms. The minimum Gasteiger partial charge on any atom is -0.469 e. The van der Waals surface area contributed by atoms with E-state index in [2.05, 4.69) is 5.32 Å². The maximum atomic E-state index is 13.4. The van der Waals surface area contributed by atoms with Crippen LogP contribution in [0.4, 0.5) is 0 Å². The fourth-order valence-electron chi connectivity index (χ4n) is 4.73. The van der Waals surface area contributed by atoms with E-state index in [1.165, 1.54) is 0 Å². The molecule has 0 unspecified atom stereocenters. The third-order valence-corrected chi connectivity index (χ3v) is 6.25. The van der Waals surface area contributed by atoms with Crippen LogP contribution in [0.2, 0.25) is 0 Å². The zero-order valence-corrected chi connectivity index (χ0v) is 18.6. The molecule has 6 nitrogen and oxygen atoms in total. The molecule has 33 heavy (non-hydrogen) atoms. The SMILES string of the molecule is CC1=C(C(=O)OCc2ccccc2)[C@@H](c2ccc(C)o2)C2=C(C[C@H](c3ccco3)CC2=O)N1. The smallest absolute Gasteiger partial charge is 0.337 e. The Labute approximate surface area is 191 Å². The van der Waals surface area contributed by atoms with Crippen LogP contribution in [0.5, 0.6) is 0 Å². The number of furan rings is 2. The molecule has 2 aromatic heterocycles. The number of carbonyl (C=O) groups excluding carboxylic acids is 2. The Morgan fingerprint density at radius 3 is 2.55 bits per heavy atom. The first kappa shape index (κ1) is 21.1. The molecule has 1 aliphatic carbocycles. The largest absolute Gasteiger partial charge is 0.469 e. The lowest BCUT2D eigenvalue weighted by Gasteiger charge is -2.35. The Hall–Kier alpha value is -3.80. The monoisotopic (exact) mass is 443 g/mol. The lowest BCUT2D eigenvalue weighted by molar-refractivity contribution is -0.140. The molecule has 5 rings (SSSR count). The van der Waals surface area contributed by atoms with Gasteiger partial charge < -0.3 is 18.9 Å². The van der Waals surface area contributed by atoms with Crippen molar-refractivity contribution in [2.24, 2.45) is 0 Å². The van der Waals surface area contributed by atoms with Gasteiger partial charge in [0.2, 0.25) is 0 Å². The van der Waals surface area contributed by atoms with Gasteiger partial charge in [0.1, 0.15) is 23.9 Å². The molecule has 168 valence electrons. The number of carbonyl (C=O) groups is 2. The lowest BCUT2D eigenvalue weighted by atomic mass is 9.74. The summed E-state index contributed by atoms with van der Waals surface area (Å²) >= 11 is 0. The maximum absolute atomic E-state index is 13.4. The molecule has 0 radical (unpaired) electrons. The van der Waals surface area contributed by atoms with Gasteiger partial charge in [0.15, 0.2) is 5.78 Å². The van der Waals surface area contributed by atoms with Gasteiger partial charge in [-0.1, -0.05) is 30.3 Å². The van der Waals surface area contributed by atoms with Gasteiger partial charge in [-0.3, -0.25) is 4.79 Å². The number of ether oxygens (including phenoxy) is 1. The fraction of sp³-hybridized carbons (Fsp3) is 0.259. The van der Waals surface area contributed by atoms with Crippen LogP contribution in [-0.4, -0.2) is 11.8 Å². The minimum atomic E-state index is -0.608. The number of esters is 1. The predicted molar refractivity (Wildman–Crippen MR) is 121 cm³/mol. The highest BCUT2D eigenvalue weighted by atomic mass is 16.5. The van der Waals surface area contributed by atoms with E-state index >= 15 is 0 Å². The highest BCUT2D eigenvalue weighted by molar-refractivity contribution is 6.04. The van der Waals surface area contributed by atoms with Crippen LogP contribution in [-0.2, 0) is 20.9 Å². The first-order chi connectivity index (χ1) is 16.0. The van der Waals surface area contributed by atoms with Crippen LogP contribution >= 0.6 is 0 Å². The van der Waals surface area contributed by atoms with Gasteiger partial charge in [0.05, 0.1) is 17.8 Å². The van der Waals surface area contributed by atoms with Crippen molar-refractivity contribution in [1.29, 1.82) is 0 Å². The van der Waals surface area contributed by atoms with Gasteiger partial charge in [0, 0.05) is 29.3 Å². The first-order valence-electron chi connectivity index (χ1n) is 11.1. The molecular weight excluding hydrogens is 418 g/mol. The van der Waals surface area contributed by atoms with E-state index in [1.807, 2.05) is 68.4 Å². The number of ketones is 1. The van der Waals surface area contributed by atoms with Gasteiger partial charge in [-0.25, -0.2) is 4.79 Å².